The van der Waals surface area contributed by atoms with Crippen LogP contribution in [0.2, 0.25) is 0 Å². The second kappa shape index (κ2) is 3.54. The quantitative estimate of drug-likeness (QED) is 0.797. The minimum atomic E-state index is -3.28. The average Bonchev–Trinajstić information content (AvgIpc) is 2.54. The van der Waals surface area contributed by atoms with Crippen molar-refractivity contribution in [3.63, 3.8) is 0 Å². The van der Waals surface area contributed by atoms with Gasteiger partial charge in [-0.05, 0) is 29.6 Å². The minimum Gasteiger partial charge on any atom is -0.351 e. The summed E-state index contributed by atoms with van der Waals surface area (Å²) in [6.45, 7) is -12.3. The first-order valence-electron chi connectivity index (χ1n) is 7.97. The van der Waals surface area contributed by atoms with Crippen LogP contribution in [0.25, 0.3) is 0 Å². The van der Waals surface area contributed by atoms with Gasteiger partial charge < -0.3 is 4.90 Å². The first-order chi connectivity index (χ1) is 9.49. The number of rotatable bonds is 2. The summed E-state index contributed by atoms with van der Waals surface area (Å²) in [6, 6.07) is 0. The van der Waals surface area contributed by atoms with Crippen LogP contribution < -0.4 is 4.90 Å². The molecule has 11 heavy (non-hydrogen) atoms. The molecule has 0 amide bonds. The zero-order chi connectivity index (χ0) is 17.7. The van der Waals surface area contributed by atoms with Gasteiger partial charge in [-0.3, -0.25) is 0 Å². The van der Waals surface area contributed by atoms with E-state index in [0.717, 1.165) is 0 Å². The van der Waals surface area contributed by atoms with E-state index in [1.165, 1.54) is 0 Å². The highest BCUT2D eigenvalue weighted by Crippen LogP contribution is 2.27. The number of aryl methyl sites for hydroxylation is 1. The van der Waals surface area contributed by atoms with E-state index in [-0.39, 0.29) is 14.4 Å². The van der Waals surface area contributed by atoms with Crippen molar-refractivity contribution >= 4 is 32.4 Å². The molecule has 2 nitrogen and oxygen atoms in total. The van der Waals surface area contributed by atoms with Crippen LogP contribution in [0.15, 0.2) is 4.60 Å². The summed E-state index contributed by atoms with van der Waals surface area (Å²) in [5.74, 6) is 0. The van der Waals surface area contributed by atoms with Gasteiger partial charge in [-0.1, -0.05) is 0 Å². The van der Waals surface area contributed by atoms with Crippen LogP contribution in [0.5, 0.6) is 0 Å². The zero-order valence-corrected chi connectivity index (χ0v) is 7.58. The molecule has 1 rings (SSSR count). The van der Waals surface area contributed by atoms with Gasteiger partial charge in [0.05, 0.1) is 0 Å². The average molecular weight is 246 g/mol. The predicted octanol–water partition coefficient (Wildman–Crippen LogP) is 2.67. The van der Waals surface area contributed by atoms with E-state index in [4.69, 9.17) is 15.1 Å². The lowest BCUT2D eigenvalue weighted by atomic mass is 10.6. The van der Waals surface area contributed by atoms with Gasteiger partial charge in [-0.2, -0.15) is 0 Å². The third kappa shape index (κ3) is 1.93. The molecule has 0 atom stereocenters. The Balaban J connectivity index is 3.51. The molecule has 1 aromatic rings. The molecule has 1 heterocycles. The summed E-state index contributed by atoms with van der Waals surface area (Å²) in [5, 5.41) is -0.556. The smallest absolute Gasteiger partial charge is 0.186 e. The van der Waals surface area contributed by atoms with Gasteiger partial charge in [0.25, 0.3) is 0 Å². The van der Waals surface area contributed by atoms with Gasteiger partial charge in [0, 0.05) is 33.4 Å². The molecule has 0 aliphatic rings. The van der Waals surface area contributed by atoms with E-state index in [1.54, 1.807) is 0 Å². The van der Waals surface area contributed by atoms with Crippen molar-refractivity contribution in [2.45, 2.75) is 13.7 Å². The monoisotopic (exact) mass is 245 g/mol. The summed E-state index contributed by atoms with van der Waals surface area (Å²) in [7, 11) is 0. The first-order valence-corrected chi connectivity index (χ1v) is 4.07. The van der Waals surface area contributed by atoms with Crippen molar-refractivity contribution < 1.29 is 15.1 Å². The minimum absolute atomic E-state index is 0.0116. The van der Waals surface area contributed by atoms with E-state index >= 15 is 0 Å². The molecule has 0 fully saturated rings. The molecule has 0 N–H and O–H groups in total. The van der Waals surface area contributed by atoms with Crippen LogP contribution in [0, 0.1) is 6.85 Å². The Hall–Kier alpha value is -0.0900. The van der Waals surface area contributed by atoms with Crippen molar-refractivity contribution in [3.8, 4) is 0 Å². The number of anilines is 1. The molecule has 0 unspecified atom stereocenters. The number of halogens is 1. The zero-order valence-electron chi connectivity index (χ0n) is 16.2. The van der Waals surface area contributed by atoms with Gasteiger partial charge in [0.15, 0.2) is 5.13 Å². The highest BCUT2D eigenvalue weighted by molar-refractivity contribution is 9.10. The number of thiazole rings is 1. The summed E-state index contributed by atoms with van der Waals surface area (Å²) < 4.78 is 80.8. The highest BCUT2D eigenvalue weighted by Gasteiger charge is 2.06. The molecule has 0 spiro atoms. The molecule has 0 aliphatic heterocycles. The largest absolute Gasteiger partial charge is 0.351 e. The van der Waals surface area contributed by atoms with Crippen molar-refractivity contribution in [3.05, 3.63) is 9.48 Å². The molecule has 0 radical (unpaired) electrons. The van der Waals surface area contributed by atoms with Crippen molar-refractivity contribution in [2.24, 2.45) is 0 Å². The number of nitrogens with zero attached hydrogens (tertiary/aromatic N) is 2. The predicted molar refractivity (Wildman–Crippen MR) is 53.5 cm³/mol. The van der Waals surface area contributed by atoms with Crippen LogP contribution in [0.3, 0.4) is 0 Å². The first kappa shape index (κ1) is 2.23. The third-order valence-electron chi connectivity index (χ3n) is 0.878. The lowest BCUT2D eigenvalue weighted by Crippen LogP contribution is -2.15. The molecule has 0 aromatic carbocycles. The van der Waals surface area contributed by atoms with Crippen LogP contribution >= 0.6 is 27.3 Å². The summed E-state index contributed by atoms with van der Waals surface area (Å²) in [4.78, 5) is 3.39. The maximum Gasteiger partial charge on any atom is 0.186 e. The van der Waals surface area contributed by atoms with E-state index < -0.39 is 32.3 Å². The molecule has 0 aliphatic carbocycles. The van der Waals surface area contributed by atoms with Gasteiger partial charge in [0.2, 0.25) is 0 Å². The normalized spacial score (nSPS) is 29.7. The molecule has 4 heteroatoms. The Labute approximate surface area is 94.8 Å². The second-order valence-electron chi connectivity index (χ2n) is 1.56. The molecular formula is C7H11BrN2S. The topological polar surface area (TPSA) is 16.1 Å². The maximum absolute atomic E-state index is 7.64. The number of hydrogen-bond acceptors (Lipinski definition) is 3. The van der Waals surface area contributed by atoms with E-state index in [2.05, 4.69) is 20.9 Å². The molecule has 0 saturated carbocycles. The Kier molecular flexibility index (Phi) is 0.718. The van der Waals surface area contributed by atoms with E-state index in [0.29, 0.717) is 11.3 Å². The fourth-order valence-electron chi connectivity index (χ4n) is 0.434. The molecule has 1 aromatic heterocycles. The van der Waals surface area contributed by atoms with E-state index in [1.807, 2.05) is 0 Å². The van der Waals surface area contributed by atoms with Gasteiger partial charge in [-0.15, -0.1) is 11.3 Å². The lowest BCUT2D eigenvalue weighted by Gasteiger charge is -2.10. The molecular weight excluding hydrogens is 224 g/mol. The highest BCUT2D eigenvalue weighted by atomic mass is 79.9. The third-order valence-corrected chi connectivity index (χ3v) is 2.57. The van der Waals surface area contributed by atoms with Crippen LogP contribution in [0.4, 0.5) is 5.13 Å². The Morgan fingerprint density at radius 1 is 1.91 bits per heavy atom. The Morgan fingerprint density at radius 3 is 3.36 bits per heavy atom. The summed E-state index contributed by atoms with van der Waals surface area (Å²) in [5.41, 5.74) is 0. The second-order valence-corrected chi connectivity index (χ2v) is 3.29. The molecule has 0 bridgehead atoms. The lowest BCUT2D eigenvalue weighted by molar-refractivity contribution is 0.955. The van der Waals surface area contributed by atoms with Crippen LogP contribution in [-0.4, -0.2) is 18.5 Å². The molecule has 62 valence electrons. The fraction of sp³-hybridized carbons (Fsp3) is 0.571. The maximum atomic E-state index is 7.64. The SMILES string of the molecule is [2H]C([2H])([2H])c1sc(N(C([2H])([2H])[2H])C([2H])([2H])C([2H])([2H])[2H])nc1Br. The van der Waals surface area contributed by atoms with E-state index in [9.17, 15) is 0 Å². The van der Waals surface area contributed by atoms with Gasteiger partial charge in [0.1, 0.15) is 4.60 Å². The van der Waals surface area contributed by atoms with Gasteiger partial charge in [-0.25, -0.2) is 4.98 Å². The van der Waals surface area contributed by atoms with Crippen molar-refractivity contribution in [1.82, 2.24) is 4.98 Å². The summed E-state index contributed by atoms with van der Waals surface area (Å²) in [6.07, 6.45) is 0. The Morgan fingerprint density at radius 2 is 2.82 bits per heavy atom. The van der Waals surface area contributed by atoms with Crippen molar-refractivity contribution in [2.75, 3.05) is 18.4 Å². The summed E-state index contributed by atoms with van der Waals surface area (Å²) >= 11 is 3.27. The Bertz CT molecular complexity index is 542. The van der Waals surface area contributed by atoms with Gasteiger partial charge >= 0.3 is 0 Å². The number of aromatic nitrogens is 1. The molecule has 0 saturated heterocycles. The fourth-order valence-corrected chi connectivity index (χ4v) is 1.55. The standard InChI is InChI=1S/C7H11BrN2S/c1-4-10(3)7-9-6(8)5(2)11-7/h4H2,1-3H3/i1D3,2D3,3D3,4D2. The van der Waals surface area contributed by atoms with Crippen molar-refractivity contribution in [1.29, 1.82) is 0 Å². The number of hydrogen-bond donors (Lipinski definition) is 0. The van der Waals surface area contributed by atoms with Crippen LogP contribution in [-0.2, 0) is 0 Å². The van der Waals surface area contributed by atoms with Crippen LogP contribution in [0.1, 0.15) is 26.8 Å².